The van der Waals surface area contributed by atoms with Crippen molar-refractivity contribution in [1.82, 2.24) is 0 Å². The number of epoxide rings is 1. The van der Waals surface area contributed by atoms with Gasteiger partial charge in [-0.15, -0.1) is 0 Å². The molecule has 0 spiro atoms. The van der Waals surface area contributed by atoms with Crippen LogP contribution in [0.5, 0.6) is 5.75 Å². The molecule has 0 aromatic heterocycles. The van der Waals surface area contributed by atoms with Gasteiger partial charge in [0.15, 0.2) is 0 Å². The van der Waals surface area contributed by atoms with Gasteiger partial charge in [-0.05, 0) is 45.2 Å². The highest BCUT2D eigenvalue weighted by atomic mass is 16.6. The van der Waals surface area contributed by atoms with Crippen molar-refractivity contribution in [1.29, 1.82) is 0 Å². The third-order valence-corrected chi connectivity index (χ3v) is 4.20. The lowest BCUT2D eigenvalue weighted by Crippen LogP contribution is -2.23. The van der Waals surface area contributed by atoms with E-state index >= 15 is 0 Å². The Balaban J connectivity index is 2.18. The molecule has 0 aliphatic carbocycles. The molecular formula is C18H28O3. The summed E-state index contributed by atoms with van der Waals surface area (Å²) in [5, 5.41) is 0. The van der Waals surface area contributed by atoms with Crippen molar-refractivity contribution in [3.63, 3.8) is 0 Å². The molecule has 1 aromatic rings. The number of aryl methyl sites for hydroxylation is 1. The number of benzene rings is 1. The van der Waals surface area contributed by atoms with Gasteiger partial charge in [-0.25, -0.2) is 0 Å². The summed E-state index contributed by atoms with van der Waals surface area (Å²) in [5.74, 6) is 0.939. The predicted octanol–water partition coefficient (Wildman–Crippen LogP) is 4.21. The van der Waals surface area contributed by atoms with Crippen LogP contribution in [0.1, 0.15) is 51.7 Å². The van der Waals surface area contributed by atoms with Crippen LogP contribution >= 0.6 is 0 Å². The van der Waals surface area contributed by atoms with E-state index in [0.29, 0.717) is 13.2 Å². The van der Waals surface area contributed by atoms with Crippen LogP contribution in [0.2, 0.25) is 0 Å². The zero-order valence-electron chi connectivity index (χ0n) is 13.9. The molecule has 2 rings (SSSR count). The van der Waals surface area contributed by atoms with E-state index in [-0.39, 0.29) is 17.8 Å². The Kier molecular flexibility index (Phi) is 5.28. The van der Waals surface area contributed by atoms with Crippen LogP contribution in [0.3, 0.4) is 0 Å². The highest BCUT2D eigenvalue weighted by Crippen LogP contribution is 2.44. The molecule has 0 amide bonds. The molecule has 3 heteroatoms. The summed E-state index contributed by atoms with van der Waals surface area (Å²) in [6.45, 7) is 11.9. The zero-order chi connectivity index (χ0) is 15.5. The summed E-state index contributed by atoms with van der Waals surface area (Å²) in [5.41, 5.74) is 2.02. The van der Waals surface area contributed by atoms with Gasteiger partial charge in [0, 0.05) is 5.56 Å². The molecule has 0 saturated carbocycles. The van der Waals surface area contributed by atoms with Crippen LogP contribution in [0.15, 0.2) is 18.2 Å². The normalized spacial score (nSPS) is 23.7. The first-order valence-corrected chi connectivity index (χ1v) is 8.04. The fourth-order valence-corrected chi connectivity index (χ4v) is 2.20. The van der Waals surface area contributed by atoms with E-state index in [2.05, 4.69) is 52.8 Å². The summed E-state index contributed by atoms with van der Waals surface area (Å²) < 4.78 is 17.8. The average molecular weight is 292 g/mol. The fourth-order valence-electron chi connectivity index (χ4n) is 2.20. The molecule has 118 valence electrons. The highest BCUT2D eigenvalue weighted by molar-refractivity contribution is 5.43. The van der Waals surface area contributed by atoms with E-state index in [0.717, 1.165) is 24.2 Å². The van der Waals surface area contributed by atoms with Crippen LogP contribution in [0.4, 0.5) is 0 Å². The van der Waals surface area contributed by atoms with E-state index in [1.54, 1.807) is 0 Å². The smallest absolute Gasteiger partial charge is 0.143 e. The summed E-state index contributed by atoms with van der Waals surface area (Å²) in [6, 6.07) is 6.35. The van der Waals surface area contributed by atoms with Gasteiger partial charge >= 0.3 is 0 Å². The standard InChI is InChI=1S/C18H28O3/c1-6-14(4)19-11-18(12-20-18)16-9-8-13(3)10-17(16)21-15(5)7-2/h8-10,14-15H,6-7,11-12H2,1-5H3. The van der Waals surface area contributed by atoms with Crippen molar-refractivity contribution < 1.29 is 14.2 Å². The van der Waals surface area contributed by atoms with Gasteiger partial charge in [0.2, 0.25) is 0 Å². The van der Waals surface area contributed by atoms with E-state index in [1.165, 1.54) is 5.56 Å². The minimum absolute atomic E-state index is 0.205. The average Bonchev–Trinajstić information content (AvgIpc) is 3.25. The van der Waals surface area contributed by atoms with Gasteiger partial charge in [0.1, 0.15) is 11.4 Å². The zero-order valence-corrected chi connectivity index (χ0v) is 13.9. The van der Waals surface area contributed by atoms with Crippen LogP contribution < -0.4 is 4.74 Å². The monoisotopic (exact) mass is 292 g/mol. The molecule has 1 heterocycles. The topological polar surface area (TPSA) is 31.0 Å². The molecule has 1 fully saturated rings. The van der Waals surface area contributed by atoms with Crippen LogP contribution in [0, 0.1) is 6.92 Å². The second-order valence-corrected chi connectivity index (χ2v) is 6.15. The summed E-state index contributed by atoms with van der Waals surface area (Å²) in [4.78, 5) is 0. The maximum absolute atomic E-state index is 6.10. The van der Waals surface area contributed by atoms with Crippen LogP contribution in [-0.2, 0) is 15.1 Å². The van der Waals surface area contributed by atoms with Gasteiger partial charge in [-0.1, -0.05) is 26.0 Å². The molecule has 0 radical (unpaired) electrons. The molecule has 1 saturated heterocycles. The third kappa shape index (κ3) is 3.98. The molecule has 0 bridgehead atoms. The van der Waals surface area contributed by atoms with Crippen molar-refractivity contribution in [2.45, 2.75) is 65.3 Å². The number of ether oxygens (including phenoxy) is 3. The largest absolute Gasteiger partial charge is 0.490 e. The first-order valence-electron chi connectivity index (χ1n) is 8.04. The van der Waals surface area contributed by atoms with Crippen LogP contribution in [0.25, 0.3) is 0 Å². The van der Waals surface area contributed by atoms with E-state index in [4.69, 9.17) is 14.2 Å². The van der Waals surface area contributed by atoms with Crippen molar-refractivity contribution >= 4 is 0 Å². The van der Waals surface area contributed by atoms with Crippen molar-refractivity contribution in [2.75, 3.05) is 13.2 Å². The molecule has 1 aromatic carbocycles. The van der Waals surface area contributed by atoms with Crippen molar-refractivity contribution in [3.05, 3.63) is 29.3 Å². The van der Waals surface area contributed by atoms with Gasteiger partial charge < -0.3 is 14.2 Å². The van der Waals surface area contributed by atoms with Crippen molar-refractivity contribution in [3.8, 4) is 5.75 Å². The quantitative estimate of drug-likeness (QED) is 0.672. The third-order valence-electron chi connectivity index (χ3n) is 4.20. The number of hydrogen-bond donors (Lipinski definition) is 0. The number of hydrogen-bond acceptors (Lipinski definition) is 3. The molecule has 3 atom stereocenters. The minimum atomic E-state index is -0.306. The second-order valence-electron chi connectivity index (χ2n) is 6.15. The Morgan fingerprint density at radius 1 is 1.19 bits per heavy atom. The molecule has 0 N–H and O–H groups in total. The maximum Gasteiger partial charge on any atom is 0.143 e. The lowest BCUT2D eigenvalue weighted by atomic mass is 9.98. The molecule has 1 aliphatic rings. The van der Waals surface area contributed by atoms with Gasteiger partial charge in [-0.3, -0.25) is 0 Å². The molecule has 3 unspecified atom stereocenters. The Bertz CT molecular complexity index is 466. The van der Waals surface area contributed by atoms with E-state index in [1.807, 2.05) is 0 Å². The molecule has 1 aliphatic heterocycles. The molecule has 21 heavy (non-hydrogen) atoms. The lowest BCUT2D eigenvalue weighted by Gasteiger charge is -2.22. The Hall–Kier alpha value is -1.06. The minimum Gasteiger partial charge on any atom is -0.490 e. The van der Waals surface area contributed by atoms with Crippen molar-refractivity contribution in [2.24, 2.45) is 0 Å². The van der Waals surface area contributed by atoms with Crippen LogP contribution in [-0.4, -0.2) is 25.4 Å². The second kappa shape index (κ2) is 6.80. The predicted molar refractivity (Wildman–Crippen MR) is 84.9 cm³/mol. The molecular weight excluding hydrogens is 264 g/mol. The van der Waals surface area contributed by atoms with Gasteiger partial charge in [0.05, 0.1) is 25.4 Å². The molecule has 3 nitrogen and oxygen atoms in total. The van der Waals surface area contributed by atoms with Gasteiger partial charge in [-0.2, -0.15) is 0 Å². The summed E-state index contributed by atoms with van der Waals surface area (Å²) in [6.07, 6.45) is 2.47. The Morgan fingerprint density at radius 2 is 1.86 bits per heavy atom. The number of rotatable bonds is 8. The SMILES string of the molecule is CCC(C)OCC1(c2ccc(C)cc2OC(C)CC)CO1. The first-order chi connectivity index (χ1) is 10.0. The van der Waals surface area contributed by atoms with E-state index < -0.39 is 0 Å². The fraction of sp³-hybridized carbons (Fsp3) is 0.667. The highest BCUT2D eigenvalue weighted by Gasteiger charge is 2.49. The first kappa shape index (κ1) is 16.3. The van der Waals surface area contributed by atoms with Gasteiger partial charge in [0.25, 0.3) is 0 Å². The Labute approximate surface area is 128 Å². The Morgan fingerprint density at radius 3 is 2.43 bits per heavy atom. The summed E-state index contributed by atoms with van der Waals surface area (Å²) >= 11 is 0. The summed E-state index contributed by atoms with van der Waals surface area (Å²) in [7, 11) is 0. The lowest BCUT2D eigenvalue weighted by molar-refractivity contribution is 0.0230. The maximum atomic E-state index is 6.10. The van der Waals surface area contributed by atoms with E-state index in [9.17, 15) is 0 Å².